The number of hydrogen-bond acceptors (Lipinski definition) is 3. The van der Waals surface area contributed by atoms with E-state index in [0.717, 1.165) is 0 Å². The summed E-state index contributed by atoms with van der Waals surface area (Å²) in [4.78, 5) is 21.4. The molecule has 2 rings (SSSR count). The number of hydrogen-bond donors (Lipinski definition) is 3. The SMILES string of the molecule is O=C(O)C12NC(C(=O)O)(C(F)=C1F)C(F)=C2F. The Kier molecular flexibility index (Phi) is 1.95. The number of fused-ring (bicyclic) bond motifs is 2. The first-order valence-electron chi connectivity index (χ1n) is 4.11. The molecule has 2 bridgehead atoms. The van der Waals surface area contributed by atoms with Crippen molar-refractivity contribution in [2.24, 2.45) is 0 Å². The van der Waals surface area contributed by atoms with Crippen molar-refractivity contribution in [2.45, 2.75) is 11.1 Å². The molecule has 0 saturated carbocycles. The van der Waals surface area contributed by atoms with Gasteiger partial charge in [-0.3, -0.25) is 5.32 Å². The lowest BCUT2D eigenvalue weighted by Crippen LogP contribution is -2.55. The molecule has 5 nitrogen and oxygen atoms in total. The van der Waals surface area contributed by atoms with Crippen molar-refractivity contribution < 1.29 is 37.4 Å². The number of rotatable bonds is 2. The Bertz CT molecular complexity index is 454. The van der Waals surface area contributed by atoms with Crippen LogP contribution in [0, 0.1) is 0 Å². The Balaban J connectivity index is 2.80. The number of carboxylic acid groups (broad SMARTS) is 2. The molecule has 0 aliphatic carbocycles. The molecular formula is C8H3F4NO4. The zero-order chi connectivity index (χ0) is 13.2. The van der Waals surface area contributed by atoms with E-state index in [-0.39, 0.29) is 0 Å². The lowest BCUT2D eigenvalue weighted by molar-refractivity contribution is -0.144. The molecule has 2 heterocycles. The summed E-state index contributed by atoms with van der Waals surface area (Å²) in [5.74, 6) is -13.4. The minimum Gasteiger partial charge on any atom is -0.479 e. The van der Waals surface area contributed by atoms with Gasteiger partial charge >= 0.3 is 11.9 Å². The van der Waals surface area contributed by atoms with Crippen molar-refractivity contribution >= 4 is 11.9 Å². The van der Waals surface area contributed by atoms with Crippen LogP contribution in [0.15, 0.2) is 23.3 Å². The minimum atomic E-state index is -3.42. The van der Waals surface area contributed by atoms with Crippen LogP contribution in [0.2, 0.25) is 0 Å². The zero-order valence-electron chi connectivity index (χ0n) is 7.72. The van der Waals surface area contributed by atoms with Crippen LogP contribution in [0.5, 0.6) is 0 Å². The number of aliphatic carboxylic acids is 2. The van der Waals surface area contributed by atoms with Crippen LogP contribution in [0.4, 0.5) is 17.6 Å². The first-order valence-corrected chi connectivity index (χ1v) is 4.11. The third-order valence-corrected chi connectivity index (χ3v) is 2.72. The van der Waals surface area contributed by atoms with E-state index in [2.05, 4.69) is 0 Å². The number of carbonyl (C=O) groups is 2. The van der Waals surface area contributed by atoms with Gasteiger partial charge in [-0.2, -0.15) is 0 Å². The highest BCUT2D eigenvalue weighted by Crippen LogP contribution is 2.54. The molecule has 0 aromatic heterocycles. The Hall–Kier alpha value is -1.90. The van der Waals surface area contributed by atoms with Gasteiger partial charge in [0.25, 0.3) is 0 Å². The highest BCUT2D eigenvalue weighted by atomic mass is 19.2. The first-order chi connectivity index (χ1) is 7.72. The summed E-state index contributed by atoms with van der Waals surface area (Å²) in [7, 11) is 0. The lowest BCUT2D eigenvalue weighted by Gasteiger charge is -2.19. The van der Waals surface area contributed by atoms with E-state index >= 15 is 0 Å². The maximum absolute atomic E-state index is 13.3. The molecular weight excluding hydrogens is 250 g/mol. The van der Waals surface area contributed by atoms with E-state index < -0.39 is 46.3 Å². The minimum absolute atomic E-state index is 1.31. The first kappa shape index (κ1) is 11.6. The largest absolute Gasteiger partial charge is 0.479 e. The number of halogens is 4. The predicted octanol–water partition coefficient (Wildman–Crippen LogP) is 0.551. The molecule has 92 valence electrons. The molecule has 0 radical (unpaired) electrons. The lowest BCUT2D eigenvalue weighted by atomic mass is 9.91. The smallest absolute Gasteiger partial charge is 0.338 e. The average molecular weight is 253 g/mol. The Morgan fingerprint density at radius 3 is 1.24 bits per heavy atom. The molecule has 0 fully saturated rings. The molecule has 9 heteroatoms. The Morgan fingerprint density at radius 1 is 0.824 bits per heavy atom. The van der Waals surface area contributed by atoms with Gasteiger partial charge in [-0.05, 0) is 0 Å². The maximum Gasteiger partial charge on any atom is 0.338 e. The van der Waals surface area contributed by atoms with E-state index in [1.165, 1.54) is 5.32 Å². The highest BCUT2D eigenvalue weighted by molar-refractivity contribution is 5.99. The second kappa shape index (κ2) is 2.86. The van der Waals surface area contributed by atoms with Gasteiger partial charge in [0.05, 0.1) is 0 Å². The second-order valence-electron chi connectivity index (χ2n) is 3.49. The summed E-state index contributed by atoms with van der Waals surface area (Å²) >= 11 is 0. The molecule has 0 atom stereocenters. The summed E-state index contributed by atoms with van der Waals surface area (Å²) in [5, 5.41) is 18.6. The fourth-order valence-corrected chi connectivity index (χ4v) is 1.83. The molecule has 0 unspecified atom stereocenters. The van der Waals surface area contributed by atoms with E-state index in [0.29, 0.717) is 0 Å². The van der Waals surface area contributed by atoms with Crippen molar-refractivity contribution in [3.63, 3.8) is 0 Å². The fourth-order valence-electron chi connectivity index (χ4n) is 1.83. The summed E-state index contributed by atoms with van der Waals surface area (Å²) in [5.41, 5.74) is -6.85. The van der Waals surface area contributed by atoms with Gasteiger partial charge in [-0.25, -0.2) is 27.2 Å². The van der Waals surface area contributed by atoms with E-state index in [9.17, 15) is 27.2 Å². The summed E-state index contributed by atoms with van der Waals surface area (Å²) in [6.45, 7) is 0. The molecule has 0 amide bonds. The van der Waals surface area contributed by atoms with Gasteiger partial charge in [0.1, 0.15) is 0 Å². The van der Waals surface area contributed by atoms with Crippen molar-refractivity contribution in [1.29, 1.82) is 0 Å². The van der Waals surface area contributed by atoms with Gasteiger partial charge in [-0.15, -0.1) is 0 Å². The van der Waals surface area contributed by atoms with Gasteiger partial charge in [-0.1, -0.05) is 0 Å². The molecule has 2 aliphatic heterocycles. The highest BCUT2D eigenvalue weighted by Gasteiger charge is 2.74. The maximum atomic E-state index is 13.3. The van der Waals surface area contributed by atoms with E-state index in [4.69, 9.17) is 10.2 Å². The standard InChI is InChI=1S/C8H3F4NO4/c9-1-2(10)8(6(16)17)4(12)3(11)7(1,13-8)5(14)15/h13H,(H,14,15)(H,16,17). The molecule has 0 spiro atoms. The number of carboxylic acids is 2. The van der Waals surface area contributed by atoms with Gasteiger partial charge < -0.3 is 10.2 Å². The van der Waals surface area contributed by atoms with Crippen molar-refractivity contribution in [2.75, 3.05) is 0 Å². The van der Waals surface area contributed by atoms with E-state index in [1.54, 1.807) is 0 Å². The monoisotopic (exact) mass is 253 g/mol. The quantitative estimate of drug-likeness (QED) is 0.625. The van der Waals surface area contributed by atoms with Crippen molar-refractivity contribution in [3.05, 3.63) is 23.3 Å². The van der Waals surface area contributed by atoms with Crippen LogP contribution in [-0.4, -0.2) is 33.2 Å². The number of nitrogens with one attached hydrogen (secondary N) is 1. The van der Waals surface area contributed by atoms with Gasteiger partial charge in [0.2, 0.25) is 11.1 Å². The van der Waals surface area contributed by atoms with Crippen LogP contribution in [0.1, 0.15) is 0 Å². The van der Waals surface area contributed by atoms with Crippen LogP contribution >= 0.6 is 0 Å². The second-order valence-corrected chi connectivity index (χ2v) is 3.49. The predicted molar refractivity (Wildman–Crippen MR) is 42.4 cm³/mol. The molecule has 17 heavy (non-hydrogen) atoms. The summed E-state index contributed by atoms with van der Waals surface area (Å²) < 4.78 is 53.2. The van der Waals surface area contributed by atoms with Crippen molar-refractivity contribution in [1.82, 2.24) is 5.32 Å². The molecule has 0 aromatic rings. The van der Waals surface area contributed by atoms with Crippen LogP contribution in [0.25, 0.3) is 0 Å². The Labute approximate surface area is 90.0 Å². The van der Waals surface area contributed by atoms with Gasteiger partial charge in [0, 0.05) is 0 Å². The van der Waals surface area contributed by atoms with Gasteiger partial charge in [0.15, 0.2) is 23.3 Å². The van der Waals surface area contributed by atoms with Crippen LogP contribution < -0.4 is 5.32 Å². The topological polar surface area (TPSA) is 86.6 Å². The Morgan fingerprint density at radius 2 is 1.06 bits per heavy atom. The molecule has 3 N–H and O–H groups in total. The third kappa shape index (κ3) is 0.892. The van der Waals surface area contributed by atoms with Crippen molar-refractivity contribution in [3.8, 4) is 0 Å². The molecule has 0 saturated heterocycles. The third-order valence-electron chi connectivity index (χ3n) is 2.72. The van der Waals surface area contributed by atoms with Crippen LogP contribution in [-0.2, 0) is 9.59 Å². The van der Waals surface area contributed by atoms with Crippen LogP contribution in [0.3, 0.4) is 0 Å². The summed E-state index contributed by atoms with van der Waals surface area (Å²) in [6.07, 6.45) is 0. The normalized spacial score (nSPS) is 35.8. The molecule has 0 aromatic carbocycles. The van der Waals surface area contributed by atoms with E-state index in [1.807, 2.05) is 0 Å². The average Bonchev–Trinajstić information content (AvgIpc) is 2.62. The fraction of sp³-hybridized carbons (Fsp3) is 0.250. The zero-order valence-corrected chi connectivity index (χ0v) is 7.72. The summed E-state index contributed by atoms with van der Waals surface area (Å²) in [6, 6.07) is 0. The molecule has 2 aliphatic rings.